The smallest absolute Gasteiger partial charge is 0.489 e. The highest BCUT2D eigenvalue weighted by Gasteiger charge is 2.38. The number of benzene rings is 3. The summed E-state index contributed by atoms with van der Waals surface area (Å²) in [5.74, 6) is -0.477. The molecule has 1 fully saturated rings. The first-order valence-corrected chi connectivity index (χ1v) is 10.3. The fraction of sp³-hybridized carbons (Fsp3) is 0.240. The highest BCUT2D eigenvalue weighted by atomic mass is 19.4. The second kappa shape index (κ2) is 11.4. The Morgan fingerprint density at radius 1 is 0.879 bits per heavy atom. The van der Waals surface area contributed by atoms with Crippen molar-refractivity contribution >= 4 is 5.97 Å². The van der Waals surface area contributed by atoms with Crippen LogP contribution in [0.25, 0.3) is 0 Å². The molecule has 0 aliphatic carbocycles. The first kappa shape index (κ1) is 24.1. The molecule has 0 unspecified atom stereocenters. The number of carboxylic acid groups (broad SMARTS) is 1. The summed E-state index contributed by atoms with van der Waals surface area (Å²) in [7, 11) is 0. The lowest BCUT2D eigenvalue weighted by Crippen LogP contribution is -2.40. The van der Waals surface area contributed by atoms with Crippen LogP contribution in [0.15, 0.2) is 78.9 Å². The summed E-state index contributed by atoms with van der Waals surface area (Å²) in [5.41, 5.74) is 3.58. The van der Waals surface area contributed by atoms with Crippen molar-refractivity contribution < 1.29 is 32.5 Å². The average molecular weight is 459 g/mol. The van der Waals surface area contributed by atoms with E-state index in [-0.39, 0.29) is 0 Å². The van der Waals surface area contributed by atoms with Crippen molar-refractivity contribution in [1.82, 2.24) is 5.32 Å². The molecule has 1 saturated heterocycles. The van der Waals surface area contributed by atoms with Crippen molar-refractivity contribution in [2.45, 2.75) is 25.3 Å². The fourth-order valence-electron chi connectivity index (χ4n) is 3.05. The molecule has 8 heteroatoms. The van der Waals surface area contributed by atoms with E-state index >= 15 is 0 Å². The van der Waals surface area contributed by atoms with Gasteiger partial charge in [-0.2, -0.15) is 13.2 Å². The molecule has 2 N–H and O–H groups in total. The summed E-state index contributed by atoms with van der Waals surface area (Å²) >= 11 is 0. The van der Waals surface area contributed by atoms with Gasteiger partial charge in [0.25, 0.3) is 0 Å². The number of hydrogen-bond donors (Lipinski definition) is 2. The normalized spacial score (nSPS) is 13.3. The third-order valence-corrected chi connectivity index (χ3v) is 4.93. The number of carbonyl (C=O) groups is 1. The molecule has 1 aliphatic heterocycles. The van der Waals surface area contributed by atoms with Gasteiger partial charge >= 0.3 is 12.1 Å². The number of aliphatic carboxylic acids is 1. The van der Waals surface area contributed by atoms with Gasteiger partial charge in [0.1, 0.15) is 24.7 Å². The number of carboxylic acids is 1. The van der Waals surface area contributed by atoms with Crippen molar-refractivity contribution in [2.75, 3.05) is 13.1 Å². The molecule has 174 valence electrons. The zero-order valence-corrected chi connectivity index (χ0v) is 17.7. The molecule has 0 aromatic heterocycles. The van der Waals surface area contributed by atoms with E-state index in [0.29, 0.717) is 19.1 Å². The van der Waals surface area contributed by atoms with Crippen LogP contribution in [0.4, 0.5) is 13.2 Å². The van der Waals surface area contributed by atoms with Crippen LogP contribution in [0.3, 0.4) is 0 Å². The molecule has 3 aromatic rings. The Balaban J connectivity index is 0.000000383. The lowest BCUT2D eigenvalue weighted by molar-refractivity contribution is -0.192. The lowest BCUT2D eigenvalue weighted by Gasteiger charge is -2.29. The zero-order valence-electron chi connectivity index (χ0n) is 17.7. The highest BCUT2D eigenvalue weighted by Crippen LogP contribution is 2.33. The lowest BCUT2D eigenvalue weighted by atomic mass is 9.93. The molecule has 3 aromatic carbocycles. The Morgan fingerprint density at radius 2 is 1.39 bits per heavy atom. The summed E-state index contributed by atoms with van der Waals surface area (Å²) in [5, 5.41) is 10.5. The van der Waals surface area contributed by atoms with Crippen molar-refractivity contribution in [1.29, 1.82) is 0 Å². The van der Waals surface area contributed by atoms with Crippen molar-refractivity contribution in [2.24, 2.45) is 0 Å². The van der Waals surface area contributed by atoms with Crippen LogP contribution >= 0.6 is 0 Å². The molecule has 0 radical (unpaired) electrons. The molecule has 0 atom stereocenters. The standard InChI is InChI=1S/C23H23NO2.C2HF3O2/c1-3-7-18(8-4-1)16-25-21-11-12-22(20-14-24-15-20)23(13-21)26-17-19-9-5-2-6-10-19;3-2(4,5)1(6)7/h1-13,20,24H,14-17H2;(H,6,7). The van der Waals surface area contributed by atoms with Gasteiger partial charge in [0.15, 0.2) is 0 Å². The molecule has 4 rings (SSSR count). The summed E-state index contributed by atoms with van der Waals surface area (Å²) in [4.78, 5) is 8.90. The van der Waals surface area contributed by atoms with Crippen LogP contribution in [-0.4, -0.2) is 30.3 Å². The molecular formula is C25H24F3NO4. The highest BCUT2D eigenvalue weighted by molar-refractivity contribution is 5.73. The molecule has 1 aliphatic rings. The summed E-state index contributed by atoms with van der Waals surface area (Å²) in [6.45, 7) is 3.14. The van der Waals surface area contributed by atoms with Gasteiger partial charge in [-0.1, -0.05) is 66.7 Å². The zero-order chi connectivity index (χ0) is 23.7. The SMILES string of the molecule is O=C(O)C(F)(F)F.c1ccc(COc2ccc(C3CNC3)c(OCc3ccccc3)c2)cc1. The van der Waals surface area contributed by atoms with Crippen LogP contribution in [0.1, 0.15) is 22.6 Å². The van der Waals surface area contributed by atoms with Gasteiger partial charge in [0, 0.05) is 30.6 Å². The van der Waals surface area contributed by atoms with Gasteiger partial charge in [0.05, 0.1) is 0 Å². The van der Waals surface area contributed by atoms with Crippen LogP contribution in [0.2, 0.25) is 0 Å². The van der Waals surface area contributed by atoms with Gasteiger partial charge in [0.2, 0.25) is 0 Å². The van der Waals surface area contributed by atoms with E-state index in [0.717, 1.165) is 30.2 Å². The molecule has 33 heavy (non-hydrogen) atoms. The Bertz CT molecular complexity index is 1020. The quantitative estimate of drug-likeness (QED) is 0.511. The first-order chi connectivity index (χ1) is 15.8. The molecule has 0 saturated carbocycles. The molecule has 5 nitrogen and oxygen atoms in total. The van der Waals surface area contributed by atoms with E-state index in [2.05, 4.69) is 35.6 Å². The van der Waals surface area contributed by atoms with Crippen LogP contribution in [-0.2, 0) is 18.0 Å². The third kappa shape index (κ3) is 7.54. The largest absolute Gasteiger partial charge is 0.490 e. The molecule has 0 spiro atoms. The van der Waals surface area contributed by atoms with Crippen LogP contribution < -0.4 is 14.8 Å². The Kier molecular flexibility index (Phi) is 8.32. The minimum absolute atomic E-state index is 0.518. The van der Waals surface area contributed by atoms with Crippen molar-refractivity contribution in [3.05, 3.63) is 95.6 Å². The number of alkyl halides is 3. The Labute approximate surface area is 189 Å². The first-order valence-electron chi connectivity index (χ1n) is 10.3. The predicted molar refractivity (Wildman–Crippen MR) is 117 cm³/mol. The van der Waals surface area contributed by atoms with E-state index < -0.39 is 12.1 Å². The number of halogens is 3. The molecule has 0 bridgehead atoms. The average Bonchev–Trinajstić information content (AvgIpc) is 2.77. The van der Waals surface area contributed by atoms with Crippen molar-refractivity contribution in [3.63, 3.8) is 0 Å². The van der Waals surface area contributed by atoms with Gasteiger partial charge < -0.3 is 19.9 Å². The van der Waals surface area contributed by atoms with Gasteiger partial charge in [-0.05, 0) is 17.2 Å². The summed E-state index contributed by atoms with van der Waals surface area (Å²) in [6, 6.07) is 26.7. The van der Waals surface area contributed by atoms with E-state index in [4.69, 9.17) is 19.4 Å². The number of ether oxygens (including phenoxy) is 2. The van der Waals surface area contributed by atoms with Gasteiger partial charge in [-0.15, -0.1) is 0 Å². The monoisotopic (exact) mass is 459 g/mol. The van der Waals surface area contributed by atoms with E-state index in [1.165, 1.54) is 11.1 Å². The minimum atomic E-state index is -5.08. The summed E-state index contributed by atoms with van der Waals surface area (Å²) in [6.07, 6.45) is -5.08. The van der Waals surface area contributed by atoms with Crippen molar-refractivity contribution in [3.8, 4) is 11.5 Å². The van der Waals surface area contributed by atoms with E-state index in [1.54, 1.807) is 0 Å². The Morgan fingerprint density at radius 3 is 1.85 bits per heavy atom. The summed E-state index contributed by atoms with van der Waals surface area (Å²) < 4.78 is 43.9. The maximum atomic E-state index is 10.6. The van der Waals surface area contributed by atoms with E-state index in [9.17, 15) is 13.2 Å². The molecule has 1 heterocycles. The number of nitrogens with one attached hydrogen (secondary N) is 1. The fourth-order valence-corrected chi connectivity index (χ4v) is 3.05. The maximum Gasteiger partial charge on any atom is 0.490 e. The predicted octanol–water partition coefficient (Wildman–Crippen LogP) is 5.16. The second-order valence-corrected chi connectivity index (χ2v) is 7.41. The second-order valence-electron chi connectivity index (χ2n) is 7.41. The number of rotatable bonds is 7. The maximum absolute atomic E-state index is 10.6. The third-order valence-electron chi connectivity index (χ3n) is 4.93. The van der Waals surface area contributed by atoms with Crippen LogP contribution in [0.5, 0.6) is 11.5 Å². The molecular weight excluding hydrogens is 435 g/mol. The van der Waals surface area contributed by atoms with Crippen LogP contribution in [0, 0.1) is 0 Å². The number of hydrogen-bond acceptors (Lipinski definition) is 4. The topological polar surface area (TPSA) is 67.8 Å². The van der Waals surface area contributed by atoms with Gasteiger partial charge in [-0.3, -0.25) is 0 Å². The Hall–Kier alpha value is -3.52. The molecule has 0 amide bonds. The minimum Gasteiger partial charge on any atom is -0.489 e. The van der Waals surface area contributed by atoms with Gasteiger partial charge in [-0.25, -0.2) is 4.79 Å². The van der Waals surface area contributed by atoms with E-state index in [1.807, 2.05) is 48.5 Å².